The molecule has 1 amide bonds. The van der Waals surface area contributed by atoms with Crippen molar-refractivity contribution in [2.24, 2.45) is 0 Å². The smallest absolute Gasteiger partial charge is 0.247 e. The molecule has 120 valence electrons. The van der Waals surface area contributed by atoms with Gasteiger partial charge in [-0.3, -0.25) is 9.59 Å². The zero-order valence-electron chi connectivity index (χ0n) is 12.8. The normalized spacial score (nSPS) is 18.3. The van der Waals surface area contributed by atoms with Gasteiger partial charge in [0.05, 0.1) is 6.20 Å². The maximum absolute atomic E-state index is 12.4. The van der Waals surface area contributed by atoms with Crippen LogP contribution in [0.3, 0.4) is 0 Å². The van der Waals surface area contributed by atoms with Gasteiger partial charge in [0.2, 0.25) is 11.7 Å². The van der Waals surface area contributed by atoms with Crippen LogP contribution < -0.4 is 0 Å². The fraction of sp³-hybridized carbons (Fsp3) is 0.375. The molecule has 1 fully saturated rings. The minimum absolute atomic E-state index is 0.0362. The predicted octanol–water partition coefficient (Wildman–Crippen LogP) is 2.35. The van der Waals surface area contributed by atoms with Crippen LogP contribution in [0.4, 0.5) is 0 Å². The Morgan fingerprint density at radius 3 is 2.78 bits per heavy atom. The van der Waals surface area contributed by atoms with Crippen LogP contribution in [0.1, 0.15) is 41.9 Å². The maximum atomic E-state index is 12.4. The summed E-state index contributed by atoms with van der Waals surface area (Å²) in [6, 6.07) is 6.23. The number of carbonyl (C=O) groups is 2. The molecule has 2 aromatic rings. The van der Waals surface area contributed by atoms with Gasteiger partial charge < -0.3 is 4.90 Å². The standard InChI is InChI=1S/C16H17ClN4O2/c1-2-20-9-3-4-14(16(20)23)21-10-13(18-19-21)15(22)11-5-7-12(17)8-6-11/h5-8,10,14H,2-4,9H2,1H3. The largest absolute Gasteiger partial charge is 0.341 e. The number of likely N-dealkylation sites (tertiary alicyclic amines) is 1. The Balaban J connectivity index is 1.81. The molecule has 1 aromatic carbocycles. The monoisotopic (exact) mass is 332 g/mol. The van der Waals surface area contributed by atoms with Crippen LogP contribution in [0.25, 0.3) is 0 Å². The number of aromatic nitrogens is 3. The van der Waals surface area contributed by atoms with E-state index in [-0.39, 0.29) is 23.4 Å². The number of hydrogen-bond acceptors (Lipinski definition) is 4. The summed E-state index contributed by atoms with van der Waals surface area (Å²) >= 11 is 5.83. The Bertz CT molecular complexity index is 726. The highest BCUT2D eigenvalue weighted by Gasteiger charge is 2.30. The summed E-state index contributed by atoms with van der Waals surface area (Å²) in [5, 5.41) is 8.50. The molecule has 0 bridgehead atoms. The van der Waals surface area contributed by atoms with Crippen LogP contribution >= 0.6 is 11.6 Å². The van der Waals surface area contributed by atoms with Crippen LogP contribution in [0.2, 0.25) is 5.02 Å². The second-order valence-corrected chi connectivity index (χ2v) is 5.93. The van der Waals surface area contributed by atoms with Crippen molar-refractivity contribution < 1.29 is 9.59 Å². The van der Waals surface area contributed by atoms with Crippen LogP contribution in [0.5, 0.6) is 0 Å². The second-order valence-electron chi connectivity index (χ2n) is 5.50. The van der Waals surface area contributed by atoms with Crippen molar-refractivity contribution in [2.45, 2.75) is 25.8 Å². The number of ketones is 1. The molecule has 0 radical (unpaired) electrons. The molecule has 2 heterocycles. The average molecular weight is 333 g/mol. The number of piperidine rings is 1. The summed E-state index contributed by atoms with van der Waals surface area (Å²) < 4.78 is 1.51. The number of hydrogen-bond donors (Lipinski definition) is 0. The van der Waals surface area contributed by atoms with E-state index in [9.17, 15) is 9.59 Å². The van der Waals surface area contributed by atoms with Gasteiger partial charge in [-0.2, -0.15) is 0 Å². The van der Waals surface area contributed by atoms with Crippen LogP contribution in [-0.4, -0.2) is 44.7 Å². The molecule has 0 N–H and O–H groups in total. The molecule has 0 spiro atoms. The Labute approximate surface area is 139 Å². The average Bonchev–Trinajstić information content (AvgIpc) is 3.05. The van der Waals surface area contributed by atoms with E-state index in [1.807, 2.05) is 6.92 Å². The minimum atomic E-state index is -0.372. The molecule has 1 atom stereocenters. The first-order chi connectivity index (χ1) is 11.1. The number of carbonyl (C=O) groups excluding carboxylic acids is 2. The molecule has 1 saturated heterocycles. The van der Waals surface area contributed by atoms with Gasteiger partial charge in [0.15, 0.2) is 5.69 Å². The van der Waals surface area contributed by atoms with Crippen molar-refractivity contribution in [3.8, 4) is 0 Å². The highest BCUT2D eigenvalue weighted by molar-refractivity contribution is 6.30. The molecule has 7 heteroatoms. The van der Waals surface area contributed by atoms with E-state index in [1.165, 1.54) is 4.68 Å². The fourth-order valence-corrected chi connectivity index (χ4v) is 2.89. The summed E-state index contributed by atoms with van der Waals surface area (Å²) in [5.41, 5.74) is 0.723. The van der Waals surface area contributed by atoms with Gasteiger partial charge in [-0.25, -0.2) is 4.68 Å². The second kappa shape index (κ2) is 6.50. The first-order valence-electron chi connectivity index (χ1n) is 7.61. The van der Waals surface area contributed by atoms with Crippen LogP contribution in [-0.2, 0) is 4.79 Å². The predicted molar refractivity (Wildman–Crippen MR) is 85.4 cm³/mol. The summed E-state index contributed by atoms with van der Waals surface area (Å²) in [4.78, 5) is 26.6. The van der Waals surface area contributed by atoms with Gasteiger partial charge in [0.1, 0.15) is 6.04 Å². The van der Waals surface area contributed by atoms with Gasteiger partial charge in [-0.15, -0.1) is 5.10 Å². The number of rotatable bonds is 4. The molecule has 6 nitrogen and oxygen atoms in total. The first-order valence-corrected chi connectivity index (χ1v) is 7.99. The number of halogens is 1. The van der Waals surface area contributed by atoms with E-state index in [0.717, 1.165) is 13.0 Å². The molecular weight excluding hydrogens is 316 g/mol. The van der Waals surface area contributed by atoms with Crippen molar-refractivity contribution in [1.82, 2.24) is 19.9 Å². The molecule has 1 aromatic heterocycles. The number of amides is 1. The van der Waals surface area contributed by atoms with Gasteiger partial charge >= 0.3 is 0 Å². The zero-order chi connectivity index (χ0) is 16.4. The number of nitrogens with zero attached hydrogens (tertiary/aromatic N) is 4. The van der Waals surface area contributed by atoms with Gasteiger partial charge in [-0.05, 0) is 44.0 Å². The lowest BCUT2D eigenvalue weighted by molar-refractivity contribution is -0.137. The molecular formula is C16H17ClN4O2. The molecule has 1 aliphatic heterocycles. The molecule has 1 unspecified atom stereocenters. The van der Waals surface area contributed by atoms with Gasteiger partial charge in [0.25, 0.3) is 0 Å². The highest BCUT2D eigenvalue weighted by atomic mass is 35.5. The molecule has 23 heavy (non-hydrogen) atoms. The third-order valence-electron chi connectivity index (χ3n) is 4.05. The van der Waals surface area contributed by atoms with E-state index in [4.69, 9.17) is 11.6 Å². The van der Waals surface area contributed by atoms with Crippen molar-refractivity contribution >= 4 is 23.3 Å². The van der Waals surface area contributed by atoms with E-state index in [2.05, 4.69) is 10.3 Å². The first kappa shape index (κ1) is 15.7. The zero-order valence-corrected chi connectivity index (χ0v) is 13.5. The van der Waals surface area contributed by atoms with Gasteiger partial charge in [0, 0.05) is 23.7 Å². The summed E-state index contributed by atoms with van der Waals surface area (Å²) in [5.74, 6) is -0.197. The quantitative estimate of drug-likeness (QED) is 0.806. The third kappa shape index (κ3) is 3.12. The van der Waals surface area contributed by atoms with E-state index in [1.54, 1.807) is 35.4 Å². The third-order valence-corrected chi connectivity index (χ3v) is 4.30. The van der Waals surface area contributed by atoms with Crippen molar-refractivity contribution in [3.05, 3.63) is 46.7 Å². The van der Waals surface area contributed by atoms with E-state index >= 15 is 0 Å². The van der Waals surface area contributed by atoms with E-state index in [0.29, 0.717) is 23.6 Å². The van der Waals surface area contributed by atoms with Crippen molar-refractivity contribution in [2.75, 3.05) is 13.1 Å². The Morgan fingerprint density at radius 2 is 2.09 bits per heavy atom. The Kier molecular flexibility index (Phi) is 4.43. The summed E-state index contributed by atoms with van der Waals surface area (Å²) in [6.07, 6.45) is 3.19. The summed E-state index contributed by atoms with van der Waals surface area (Å²) in [6.45, 7) is 3.41. The lowest BCUT2D eigenvalue weighted by Crippen LogP contribution is -2.42. The maximum Gasteiger partial charge on any atom is 0.247 e. The molecule has 1 aliphatic rings. The SMILES string of the molecule is CCN1CCCC(n2cc(C(=O)c3ccc(Cl)cc3)nn2)C1=O. The molecule has 0 aliphatic carbocycles. The van der Waals surface area contributed by atoms with Crippen LogP contribution in [0, 0.1) is 0 Å². The molecule has 3 rings (SSSR count). The topological polar surface area (TPSA) is 68.1 Å². The van der Waals surface area contributed by atoms with Crippen molar-refractivity contribution in [3.63, 3.8) is 0 Å². The minimum Gasteiger partial charge on any atom is -0.341 e. The summed E-state index contributed by atoms with van der Waals surface area (Å²) in [7, 11) is 0. The lowest BCUT2D eigenvalue weighted by Gasteiger charge is -2.31. The highest BCUT2D eigenvalue weighted by Crippen LogP contribution is 2.22. The van der Waals surface area contributed by atoms with Crippen LogP contribution in [0.15, 0.2) is 30.5 Å². The lowest BCUT2D eigenvalue weighted by atomic mass is 10.0. The molecule has 0 saturated carbocycles. The Hall–Kier alpha value is -2.21. The fourth-order valence-electron chi connectivity index (χ4n) is 2.76. The van der Waals surface area contributed by atoms with E-state index < -0.39 is 0 Å². The number of likely N-dealkylation sites (N-methyl/N-ethyl adjacent to an activating group) is 1. The van der Waals surface area contributed by atoms with Crippen molar-refractivity contribution in [1.29, 1.82) is 0 Å². The number of benzene rings is 1. The van der Waals surface area contributed by atoms with Gasteiger partial charge in [-0.1, -0.05) is 16.8 Å². The Morgan fingerprint density at radius 1 is 1.35 bits per heavy atom.